The predicted octanol–water partition coefficient (Wildman–Crippen LogP) is 0.770. The van der Waals surface area contributed by atoms with E-state index in [4.69, 9.17) is 0 Å². The van der Waals surface area contributed by atoms with Crippen molar-refractivity contribution in [3.05, 3.63) is 0 Å². The summed E-state index contributed by atoms with van der Waals surface area (Å²) in [5.74, 6) is -0.178. The van der Waals surface area contributed by atoms with Gasteiger partial charge in [0.1, 0.15) is 6.04 Å². The molecular weight excluding hydrogens is 180 g/mol. The number of rotatable bonds is 5. The Labute approximate surface area is 85.7 Å². The molecule has 0 aromatic heterocycles. The molecule has 0 heterocycles. The lowest BCUT2D eigenvalue weighted by Crippen LogP contribution is -2.46. The Hall–Kier alpha value is -1.06. The van der Waals surface area contributed by atoms with Crippen LogP contribution in [-0.4, -0.2) is 35.8 Å². The van der Waals surface area contributed by atoms with Crippen LogP contribution in [0.4, 0.5) is 0 Å². The fraction of sp³-hybridized carbons (Fsp3) is 0.800. The number of carbonyl (C=O) groups is 2. The maximum absolute atomic E-state index is 11.7. The van der Waals surface area contributed by atoms with Crippen molar-refractivity contribution in [2.75, 3.05) is 13.1 Å². The standard InChI is InChI=1S/C10H20N2O2/c1-5-7-12(6-2)10(14)8(3)11-9(4)13/h8H,5-7H2,1-4H3,(H,11,13). The van der Waals surface area contributed by atoms with Crippen molar-refractivity contribution in [2.45, 2.75) is 40.2 Å². The normalized spacial score (nSPS) is 12.0. The Bertz CT molecular complexity index is 204. The Morgan fingerprint density at radius 3 is 2.29 bits per heavy atom. The van der Waals surface area contributed by atoms with Gasteiger partial charge in [-0.25, -0.2) is 0 Å². The number of carbonyl (C=O) groups excluding carboxylic acids is 2. The van der Waals surface area contributed by atoms with Crippen molar-refractivity contribution < 1.29 is 9.59 Å². The third-order valence-corrected chi connectivity index (χ3v) is 1.98. The summed E-state index contributed by atoms with van der Waals surface area (Å²) in [4.78, 5) is 24.2. The van der Waals surface area contributed by atoms with Gasteiger partial charge >= 0.3 is 0 Å². The fourth-order valence-electron chi connectivity index (χ4n) is 1.33. The zero-order valence-corrected chi connectivity index (χ0v) is 9.46. The first kappa shape index (κ1) is 12.9. The molecule has 1 unspecified atom stereocenters. The quantitative estimate of drug-likeness (QED) is 0.712. The van der Waals surface area contributed by atoms with Gasteiger partial charge in [-0.05, 0) is 20.3 Å². The second kappa shape index (κ2) is 6.40. The Kier molecular flexibility index (Phi) is 5.92. The van der Waals surface area contributed by atoms with Crippen LogP contribution in [0.15, 0.2) is 0 Å². The number of nitrogens with zero attached hydrogens (tertiary/aromatic N) is 1. The van der Waals surface area contributed by atoms with Crippen LogP contribution >= 0.6 is 0 Å². The maximum Gasteiger partial charge on any atom is 0.244 e. The van der Waals surface area contributed by atoms with Gasteiger partial charge in [-0.1, -0.05) is 6.92 Å². The van der Waals surface area contributed by atoms with Gasteiger partial charge in [0.2, 0.25) is 11.8 Å². The van der Waals surface area contributed by atoms with E-state index in [-0.39, 0.29) is 11.8 Å². The topological polar surface area (TPSA) is 49.4 Å². The molecule has 0 rings (SSSR count). The molecule has 0 aliphatic carbocycles. The molecule has 1 N–H and O–H groups in total. The SMILES string of the molecule is CCCN(CC)C(=O)C(C)NC(C)=O. The number of likely N-dealkylation sites (N-methyl/N-ethyl adjacent to an activating group) is 1. The average Bonchev–Trinajstić information content (AvgIpc) is 2.12. The second-order valence-corrected chi connectivity index (χ2v) is 3.34. The highest BCUT2D eigenvalue weighted by Crippen LogP contribution is 1.96. The van der Waals surface area contributed by atoms with E-state index >= 15 is 0 Å². The van der Waals surface area contributed by atoms with E-state index in [1.54, 1.807) is 11.8 Å². The zero-order valence-electron chi connectivity index (χ0n) is 9.46. The average molecular weight is 200 g/mol. The van der Waals surface area contributed by atoms with Crippen LogP contribution in [-0.2, 0) is 9.59 Å². The van der Waals surface area contributed by atoms with E-state index in [1.165, 1.54) is 6.92 Å². The summed E-state index contributed by atoms with van der Waals surface area (Å²) in [5, 5.41) is 2.59. The van der Waals surface area contributed by atoms with E-state index in [0.717, 1.165) is 13.0 Å². The van der Waals surface area contributed by atoms with Crippen molar-refractivity contribution in [1.29, 1.82) is 0 Å². The summed E-state index contributed by atoms with van der Waals surface area (Å²) in [6.07, 6.45) is 0.937. The third kappa shape index (κ3) is 4.25. The molecular formula is C10H20N2O2. The highest BCUT2D eigenvalue weighted by atomic mass is 16.2. The summed E-state index contributed by atoms with van der Waals surface area (Å²) in [6, 6.07) is -0.418. The lowest BCUT2D eigenvalue weighted by molar-refractivity contribution is -0.135. The van der Waals surface area contributed by atoms with E-state index < -0.39 is 6.04 Å². The molecule has 0 saturated carbocycles. The van der Waals surface area contributed by atoms with Crippen LogP contribution in [0.3, 0.4) is 0 Å². The van der Waals surface area contributed by atoms with Crippen LogP contribution in [0.2, 0.25) is 0 Å². The number of hydrogen-bond acceptors (Lipinski definition) is 2. The third-order valence-electron chi connectivity index (χ3n) is 1.98. The van der Waals surface area contributed by atoms with Crippen LogP contribution in [0.25, 0.3) is 0 Å². The van der Waals surface area contributed by atoms with Crippen LogP contribution in [0, 0.1) is 0 Å². The van der Waals surface area contributed by atoms with Crippen molar-refractivity contribution in [1.82, 2.24) is 10.2 Å². The van der Waals surface area contributed by atoms with Gasteiger partial charge in [0, 0.05) is 20.0 Å². The largest absolute Gasteiger partial charge is 0.345 e. The monoisotopic (exact) mass is 200 g/mol. The van der Waals surface area contributed by atoms with Gasteiger partial charge in [-0.3, -0.25) is 9.59 Å². The smallest absolute Gasteiger partial charge is 0.244 e. The molecule has 0 aromatic rings. The van der Waals surface area contributed by atoms with E-state index in [2.05, 4.69) is 5.32 Å². The summed E-state index contributed by atoms with van der Waals surface area (Å²) in [5.41, 5.74) is 0. The molecule has 2 amide bonds. The Balaban J connectivity index is 4.19. The summed E-state index contributed by atoms with van der Waals surface area (Å²) in [6.45, 7) is 8.53. The van der Waals surface area contributed by atoms with E-state index in [0.29, 0.717) is 6.54 Å². The Morgan fingerprint density at radius 2 is 1.93 bits per heavy atom. The summed E-state index contributed by atoms with van der Waals surface area (Å²) < 4.78 is 0. The molecule has 1 atom stereocenters. The first-order valence-electron chi connectivity index (χ1n) is 5.08. The lowest BCUT2D eigenvalue weighted by Gasteiger charge is -2.24. The summed E-state index contributed by atoms with van der Waals surface area (Å²) in [7, 11) is 0. The minimum absolute atomic E-state index is 0.00968. The molecule has 82 valence electrons. The molecule has 0 aliphatic rings. The van der Waals surface area contributed by atoms with Gasteiger partial charge in [-0.15, -0.1) is 0 Å². The minimum atomic E-state index is -0.418. The maximum atomic E-state index is 11.7. The van der Waals surface area contributed by atoms with Crippen LogP contribution in [0.5, 0.6) is 0 Å². The second-order valence-electron chi connectivity index (χ2n) is 3.34. The van der Waals surface area contributed by atoms with E-state index in [1.807, 2.05) is 13.8 Å². The lowest BCUT2D eigenvalue weighted by atomic mass is 10.2. The fourth-order valence-corrected chi connectivity index (χ4v) is 1.33. The van der Waals surface area contributed by atoms with Crippen LogP contribution < -0.4 is 5.32 Å². The molecule has 0 bridgehead atoms. The van der Waals surface area contributed by atoms with Crippen molar-refractivity contribution in [3.8, 4) is 0 Å². The number of hydrogen-bond donors (Lipinski definition) is 1. The predicted molar refractivity (Wildman–Crippen MR) is 55.8 cm³/mol. The number of nitrogens with one attached hydrogen (secondary N) is 1. The van der Waals surface area contributed by atoms with Crippen molar-refractivity contribution in [2.24, 2.45) is 0 Å². The van der Waals surface area contributed by atoms with Gasteiger partial charge in [0.15, 0.2) is 0 Å². The Morgan fingerprint density at radius 1 is 1.36 bits per heavy atom. The first-order valence-corrected chi connectivity index (χ1v) is 5.08. The van der Waals surface area contributed by atoms with Gasteiger partial charge < -0.3 is 10.2 Å². The highest BCUT2D eigenvalue weighted by molar-refractivity contribution is 5.86. The van der Waals surface area contributed by atoms with Gasteiger partial charge in [0.25, 0.3) is 0 Å². The molecule has 0 spiro atoms. The molecule has 0 saturated heterocycles. The van der Waals surface area contributed by atoms with E-state index in [9.17, 15) is 9.59 Å². The number of amides is 2. The molecule has 0 radical (unpaired) electrons. The first-order chi connectivity index (χ1) is 6.52. The van der Waals surface area contributed by atoms with Gasteiger partial charge in [-0.2, -0.15) is 0 Å². The van der Waals surface area contributed by atoms with Crippen LogP contribution in [0.1, 0.15) is 34.1 Å². The molecule has 0 fully saturated rings. The molecule has 0 aliphatic heterocycles. The zero-order chi connectivity index (χ0) is 11.1. The molecule has 0 aromatic carbocycles. The van der Waals surface area contributed by atoms with Crippen molar-refractivity contribution >= 4 is 11.8 Å². The highest BCUT2D eigenvalue weighted by Gasteiger charge is 2.18. The van der Waals surface area contributed by atoms with Crippen molar-refractivity contribution in [3.63, 3.8) is 0 Å². The molecule has 4 nitrogen and oxygen atoms in total. The minimum Gasteiger partial charge on any atom is -0.345 e. The van der Waals surface area contributed by atoms with Gasteiger partial charge in [0.05, 0.1) is 0 Å². The molecule has 14 heavy (non-hydrogen) atoms. The molecule has 4 heteroatoms. The summed E-state index contributed by atoms with van der Waals surface area (Å²) >= 11 is 0.